The van der Waals surface area contributed by atoms with Crippen molar-refractivity contribution in [2.75, 3.05) is 4.90 Å². The normalized spacial score (nSPS) is 11.4. The second kappa shape index (κ2) is 13.8. The number of benzene rings is 9. The van der Waals surface area contributed by atoms with Crippen molar-refractivity contribution >= 4 is 61.2 Å². The molecule has 3 heteroatoms. The van der Waals surface area contributed by atoms with Gasteiger partial charge in [0, 0.05) is 38.5 Å². The van der Waals surface area contributed by atoms with Gasteiger partial charge in [-0.05, 0) is 111 Å². The van der Waals surface area contributed by atoms with Crippen molar-refractivity contribution in [1.82, 2.24) is 4.57 Å². The van der Waals surface area contributed by atoms with Crippen molar-refractivity contribution in [3.8, 4) is 39.1 Å². The van der Waals surface area contributed by atoms with Crippen LogP contribution in [0.2, 0.25) is 5.02 Å². The van der Waals surface area contributed by atoms with Gasteiger partial charge in [0.1, 0.15) is 0 Å². The molecule has 2 nitrogen and oxygen atoms in total. The van der Waals surface area contributed by atoms with E-state index in [0.717, 1.165) is 39.4 Å². The molecule has 0 aliphatic rings. The van der Waals surface area contributed by atoms with E-state index in [1.165, 1.54) is 49.3 Å². The standard InChI is InChI=1S/C52H35ClN2/c53-43-32-42(33-47(35-43)54(44-17-8-3-9-18-44)45-26-20-38(21-27-45)36-12-4-1-5-13-36)41-24-30-49-51(34-41)55(50-31-25-40-16-10-11-19-48(40)52(49)50)46-28-22-39(23-29-46)37-14-6-2-7-15-37/h1-35H. The molecule has 0 N–H and O–H groups in total. The Hall–Kier alpha value is -6.87. The molecule has 0 saturated carbocycles. The van der Waals surface area contributed by atoms with Gasteiger partial charge in [0.25, 0.3) is 0 Å². The number of anilines is 3. The molecule has 10 aromatic rings. The summed E-state index contributed by atoms with van der Waals surface area (Å²) in [6.45, 7) is 0. The quantitative estimate of drug-likeness (QED) is 0.159. The van der Waals surface area contributed by atoms with E-state index in [9.17, 15) is 0 Å². The van der Waals surface area contributed by atoms with Crippen LogP contribution in [0.3, 0.4) is 0 Å². The van der Waals surface area contributed by atoms with Gasteiger partial charge >= 0.3 is 0 Å². The second-order valence-electron chi connectivity index (χ2n) is 13.9. The average molecular weight is 723 g/mol. The summed E-state index contributed by atoms with van der Waals surface area (Å²) < 4.78 is 2.41. The molecule has 1 heterocycles. The molecule has 0 aliphatic carbocycles. The van der Waals surface area contributed by atoms with E-state index < -0.39 is 0 Å². The average Bonchev–Trinajstić information content (AvgIpc) is 3.59. The first-order valence-electron chi connectivity index (χ1n) is 18.6. The maximum Gasteiger partial charge on any atom is 0.0547 e. The van der Waals surface area contributed by atoms with Crippen LogP contribution in [0.5, 0.6) is 0 Å². The Kier molecular flexibility index (Phi) is 8.24. The van der Waals surface area contributed by atoms with Crippen LogP contribution < -0.4 is 4.90 Å². The molecular formula is C52H35ClN2. The van der Waals surface area contributed by atoms with Crippen LogP contribution in [0.25, 0.3) is 71.6 Å². The minimum atomic E-state index is 0.678. The molecule has 0 atom stereocenters. The van der Waals surface area contributed by atoms with Gasteiger partial charge in [0.05, 0.1) is 11.0 Å². The lowest BCUT2D eigenvalue weighted by molar-refractivity contribution is 1.18. The third-order valence-electron chi connectivity index (χ3n) is 10.6. The summed E-state index contributed by atoms with van der Waals surface area (Å²) in [7, 11) is 0. The summed E-state index contributed by atoms with van der Waals surface area (Å²) in [6, 6.07) is 75.6. The molecule has 0 spiro atoms. The Bertz CT molecular complexity index is 2950. The minimum absolute atomic E-state index is 0.678. The lowest BCUT2D eigenvalue weighted by Gasteiger charge is -2.26. The Morgan fingerprint density at radius 2 is 0.909 bits per heavy atom. The van der Waals surface area contributed by atoms with E-state index in [4.69, 9.17) is 11.6 Å². The number of aromatic nitrogens is 1. The van der Waals surface area contributed by atoms with Crippen LogP contribution in [0.1, 0.15) is 0 Å². The van der Waals surface area contributed by atoms with Crippen LogP contribution in [-0.4, -0.2) is 4.57 Å². The number of rotatable bonds is 7. The molecule has 55 heavy (non-hydrogen) atoms. The lowest BCUT2D eigenvalue weighted by Crippen LogP contribution is -2.10. The van der Waals surface area contributed by atoms with E-state index in [2.05, 4.69) is 216 Å². The molecule has 0 radical (unpaired) electrons. The Morgan fingerprint density at radius 3 is 1.60 bits per heavy atom. The highest BCUT2D eigenvalue weighted by atomic mass is 35.5. The van der Waals surface area contributed by atoms with Crippen molar-refractivity contribution in [2.45, 2.75) is 0 Å². The fourth-order valence-electron chi connectivity index (χ4n) is 8.01. The van der Waals surface area contributed by atoms with Gasteiger partial charge < -0.3 is 9.47 Å². The lowest BCUT2D eigenvalue weighted by atomic mass is 10.00. The van der Waals surface area contributed by atoms with E-state index in [1.807, 2.05) is 6.07 Å². The number of para-hydroxylation sites is 1. The maximum atomic E-state index is 7.03. The van der Waals surface area contributed by atoms with Gasteiger partial charge in [-0.1, -0.05) is 157 Å². The van der Waals surface area contributed by atoms with E-state index in [1.54, 1.807) is 0 Å². The fraction of sp³-hybridized carbons (Fsp3) is 0. The number of halogens is 1. The predicted molar refractivity (Wildman–Crippen MR) is 234 cm³/mol. The first-order valence-corrected chi connectivity index (χ1v) is 19.0. The summed E-state index contributed by atoms with van der Waals surface area (Å²) in [4.78, 5) is 2.28. The number of hydrogen-bond donors (Lipinski definition) is 0. The van der Waals surface area contributed by atoms with Crippen LogP contribution in [-0.2, 0) is 0 Å². The summed E-state index contributed by atoms with van der Waals surface area (Å²) in [5.74, 6) is 0. The first kappa shape index (κ1) is 32.8. The molecule has 0 saturated heterocycles. The summed E-state index contributed by atoms with van der Waals surface area (Å²) in [5, 5.41) is 5.63. The molecule has 0 bridgehead atoms. The molecular weight excluding hydrogens is 688 g/mol. The number of fused-ring (bicyclic) bond motifs is 5. The van der Waals surface area contributed by atoms with E-state index >= 15 is 0 Å². The summed E-state index contributed by atoms with van der Waals surface area (Å²) >= 11 is 7.03. The summed E-state index contributed by atoms with van der Waals surface area (Å²) in [6.07, 6.45) is 0. The molecule has 9 aromatic carbocycles. The Balaban J connectivity index is 1.13. The fourth-order valence-corrected chi connectivity index (χ4v) is 8.24. The van der Waals surface area contributed by atoms with Crippen molar-refractivity contribution in [3.05, 3.63) is 217 Å². The first-order chi connectivity index (χ1) is 27.2. The van der Waals surface area contributed by atoms with Gasteiger partial charge in [-0.15, -0.1) is 0 Å². The molecule has 0 amide bonds. The smallest absolute Gasteiger partial charge is 0.0547 e. The summed E-state index contributed by atoms with van der Waals surface area (Å²) in [5.41, 5.74) is 13.5. The second-order valence-corrected chi connectivity index (χ2v) is 14.4. The SMILES string of the molecule is Clc1cc(-c2ccc3c4c5ccccc5ccc4n(-c4ccc(-c5ccccc5)cc4)c3c2)cc(N(c2ccccc2)c2ccc(-c3ccccc3)cc2)c1. The Morgan fingerprint density at radius 1 is 0.345 bits per heavy atom. The van der Waals surface area contributed by atoms with Crippen molar-refractivity contribution in [2.24, 2.45) is 0 Å². The van der Waals surface area contributed by atoms with Gasteiger partial charge in [0.2, 0.25) is 0 Å². The number of nitrogens with zero attached hydrogens (tertiary/aromatic N) is 2. The molecule has 1 aromatic heterocycles. The predicted octanol–water partition coefficient (Wildman–Crippen LogP) is 15.1. The molecule has 0 unspecified atom stereocenters. The van der Waals surface area contributed by atoms with Gasteiger partial charge in [-0.2, -0.15) is 0 Å². The highest BCUT2D eigenvalue weighted by Gasteiger charge is 2.18. The highest BCUT2D eigenvalue weighted by Crippen LogP contribution is 2.42. The van der Waals surface area contributed by atoms with Crippen molar-refractivity contribution in [3.63, 3.8) is 0 Å². The van der Waals surface area contributed by atoms with Crippen LogP contribution >= 0.6 is 11.6 Å². The van der Waals surface area contributed by atoms with Crippen molar-refractivity contribution in [1.29, 1.82) is 0 Å². The minimum Gasteiger partial charge on any atom is -0.310 e. The third kappa shape index (κ3) is 6.03. The van der Waals surface area contributed by atoms with Crippen LogP contribution in [0.4, 0.5) is 17.1 Å². The molecule has 10 rings (SSSR count). The van der Waals surface area contributed by atoms with Gasteiger partial charge in [-0.3, -0.25) is 0 Å². The zero-order valence-corrected chi connectivity index (χ0v) is 30.7. The van der Waals surface area contributed by atoms with Gasteiger partial charge in [0.15, 0.2) is 0 Å². The van der Waals surface area contributed by atoms with Crippen LogP contribution in [0, 0.1) is 0 Å². The highest BCUT2D eigenvalue weighted by molar-refractivity contribution is 6.31. The largest absolute Gasteiger partial charge is 0.310 e. The van der Waals surface area contributed by atoms with Crippen LogP contribution in [0.15, 0.2) is 212 Å². The zero-order valence-electron chi connectivity index (χ0n) is 30.0. The number of hydrogen-bond acceptors (Lipinski definition) is 1. The molecule has 260 valence electrons. The van der Waals surface area contributed by atoms with Crippen molar-refractivity contribution < 1.29 is 0 Å². The Labute approximate surface area is 325 Å². The maximum absolute atomic E-state index is 7.03. The monoisotopic (exact) mass is 722 g/mol. The molecule has 0 fully saturated rings. The van der Waals surface area contributed by atoms with E-state index in [0.29, 0.717) is 5.02 Å². The topological polar surface area (TPSA) is 8.17 Å². The zero-order chi connectivity index (χ0) is 36.7. The van der Waals surface area contributed by atoms with E-state index in [-0.39, 0.29) is 0 Å². The van der Waals surface area contributed by atoms with Gasteiger partial charge in [-0.25, -0.2) is 0 Å². The third-order valence-corrected chi connectivity index (χ3v) is 10.8. The molecule has 0 aliphatic heterocycles.